The molecule has 146 valence electrons. The van der Waals surface area contributed by atoms with Crippen LogP contribution in [0.5, 0.6) is 0 Å². The Labute approximate surface area is 157 Å². The molecule has 0 radical (unpaired) electrons. The molecule has 1 aliphatic rings. The summed E-state index contributed by atoms with van der Waals surface area (Å²) in [6.07, 6.45) is -2.60. The summed E-state index contributed by atoms with van der Waals surface area (Å²) in [4.78, 5) is 1.46. The fourth-order valence-corrected chi connectivity index (χ4v) is 4.69. The molecule has 2 aromatic carbocycles. The molecule has 27 heavy (non-hydrogen) atoms. The topological polar surface area (TPSA) is 40.6 Å². The van der Waals surface area contributed by atoms with Crippen molar-refractivity contribution in [3.63, 3.8) is 0 Å². The van der Waals surface area contributed by atoms with Gasteiger partial charge in [0.05, 0.1) is 10.5 Å². The highest BCUT2D eigenvalue weighted by Gasteiger charge is 2.38. The summed E-state index contributed by atoms with van der Waals surface area (Å²) in [5.74, 6) is 0. The Morgan fingerprint density at radius 1 is 1.00 bits per heavy atom. The van der Waals surface area contributed by atoms with E-state index >= 15 is 0 Å². The van der Waals surface area contributed by atoms with E-state index in [9.17, 15) is 21.6 Å². The molecule has 0 bridgehead atoms. The Hall–Kier alpha value is -2.06. The quantitative estimate of drug-likeness (QED) is 0.761. The van der Waals surface area contributed by atoms with E-state index in [1.165, 1.54) is 19.2 Å². The molecule has 1 aliphatic heterocycles. The van der Waals surface area contributed by atoms with Crippen LogP contribution in [0.3, 0.4) is 0 Å². The van der Waals surface area contributed by atoms with Crippen LogP contribution < -0.4 is 4.90 Å². The molecule has 1 heterocycles. The van der Waals surface area contributed by atoms with Crippen LogP contribution in [0.1, 0.15) is 24.0 Å². The molecule has 0 atom stereocenters. The molecule has 0 aromatic heterocycles. The highest BCUT2D eigenvalue weighted by atomic mass is 32.2. The number of hydrogen-bond donors (Lipinski definition) is 0. The Kier molecular flexibility index (Phi) is 5.48. The van der Waals surface area contributed by atoms with Crippen LogP contribution in [-0.2, 0) is 22.7 Å². The maximum absolute atomic E-state index is 13.2. The Morgan fingerprint density at radius 3 is 2.26 bits per heavy atom. The molecule has 0 spiro atoms. The molecular weight excluding hydrogens is 377 g/mol. The van der Waals surface area contributed by atoms with Crippen molar-refractivity contribution < 1.29 is 21.6 Å². The van der Waals surface area contributed by atoms with Crippen molar-refractivity contribution in [3.8, 4) is 0 Å². The largest absolute Gasteiger partial charge is 0.417 e. The summed E-state index contributed by atoms with van der Waals surface area (Å²) < 4.78 is 66.4. The van der Waals surface area contributed by atoms with Gasteiger partial charge in [-0.2, -0.15) is 17.5 Å². The predicted molar refractivity (Wildman–Crippen MR) is 98.0 cm³/mol. The number of hydrogen-bond acceptors (Lipinski definition) is 3. The molecule has 0 unspecified atom stereocenters. The van der Waals surface area contributed by atoms with Crippen LogP contribution in [0.2, 0.25) is 0 Å². The van der Waals surface area contributed by atoms with Gasteiger partial charge in [0.15, 0.2) is 0 Å². The third kappa shape index (κ3) is 4.11. The third-order valence-corrected chi connectivity index (χ3v) is 6.57. The van der Waals surface area contributed by atoms with E-state index in [1.54, 1.807) is 6.07 Å². The highest BCUT2D eigenvalue weighted by molar-refractivity contribution is 7.89. The van der Waals surface area contributed by atoms with Gasteiger partial charge < -0.3 is 4.90 Å². The summed E-state index contributed by atoms with van der Waals surface area (Å²) in [6.45, 7) is 1.79. The van der Waals surface area contributed by atoms with Crippen molar-refractivity contribution in [2.45, 2.75) is 30.5 Å². The fraction of sp³-hybridized carbons (Fsp3) is 0.368. The van der Waals surface area contributed by atoms with Crippen LogP contribution in [0.25, 0.3) is 0 Å². The lowest BCUT2D eigenvalue weighted by molar-refractivity contribution is -0.139. The van der Waals surface area contributed by atoms with Crippen molar-refractivity contribution in [2.75, 3.05) is 25.0 Å². The number of alkyl halides is 3. The Balaban J connectivity index is 1.92. The lowest BCUT2D eigenvalue weighted by Crippen LogP contribution is -2.29. The highest BCUT2D eigenvalue weighted by Crippen LogP contribution is 2.35. The number of anilines is 1. The van der Waals surface area contributed by atoms with Gasteiger partial charge in [-0.05, 0) is 36.6 Å². The van der Waals surface area contributed by atoms with Gasteiger partial charge in [-0.1, -0.05) is 30.3 Å². The average molecular weight is 398 g/mol. The lowest BCUT2D eigenvalue weighted by Gasteiger charge is -2.25. The van der Waals surface area contributed by atoms with Crippen LogP contribution >= 0.6 is 0 Å². The molecule has 2 aromatic rings. The van der Waals surface area contributed by atoms with Gasteiger partial charge in [-0.25, -0.2) is 8.42 Å². The number of nitrogens with zero attached hydrogens (tertiary/aromatic N) is 2. The van der Waals surface area contributed by atoms with Crippen molar-refractivity contribution in [1.29, 1.82) is 0 Å². The first-order valence-electron chi connectivity index (χ1n) is 8.66. The molecule has 1 fully saturated rings. The second kappa shape index (κ2) is 7.52. The van der Waals surface area contributed by atoms with Crippen LogP contribution in [0.4, 0.5) is 18.9 Å². The molecule has 0 N–H and O–H groups in total. The van der Waals surface area contributed by atoms with Gasteiger partial charge in [0.1, 0.15) is 0 Å². The SMILES string of the molecule is CN(Cc1ccccc1N1CCCC1)S(=O)(=O)c1ccccc1C(F)(F)F. The van der Waals surface area contributed by atoms with Gasteiger partial charge in [-0.3, -0.25) is 0 Å². The summed E-state index contributed by atoms with van der Waals surface area (Å²) in [5.41, 5.74) is 0.556. The Bertz CT molecular complexity index is 907. The van der Waals surface area contributed by atoms with Gasteiger partial charge in [0.2, 0.25) is 10.0 Å². The lowest BCUT2D eigenvalue weighted by atomic mass is 10.1. The third-order valence-electron chi connectivity index (χ3n) is 4.71. The van der Waals surface area contributed by atoms with E-state index < -0.39 is 26.7 Å². The van der Waals surface area contributed by atoms with Gasteiger partial charge in [-0.15, -0.1) is 0 Å². The minimum Gasteiger partial charge on any atom is -0.371 e. The smallest absolute Gasteiger partial charge is 0.371 e. The monoisotopic (exact) mass is 398 g/mol. The number of para-hydroxylation sites is 1. The maximum Gasteiger partial charge on any atom is 0.417 e. The van der Waals surface area contributed by atoms with Gasteiger partial charge >= 0.3 is 6.18 Å². The van der Waals surface area contributed by atoms with Crippen LogP contribution in [0, 0.1) is 0 Å². The maximum atomic E-state index is 13.2. The first-order valence-corrected chi connectivity index (χ1v) is 10.1. The minimum atomic E-state index is -4.74. The van der Waals surface area contributed by atoms with E-state index in [2.05, 4.69) is 4.90 Å². The standard InChI is InChI=1S/C19H21F3N2O2S/c1-23(14-15-8-2-4-10-17(15)24-12-6-7-13-24)27(25,26)18-11-5-3-9-16(18)19(20,21)22/h2-5,8-11H,6-7,12-14H2,1H3. The van der Waals surface area contributed by atoms with E-state index in [4.69, 9.17) is 0 Å². The first-order chi connectivity index (χ1) is 12.7. The van der Waals surface area contributed by atoms with Crippen molar-refractivity contribution in [2.24, 2.45) is 0 Å². The molecule has 0 saturated carbocycles. The second-order valence-electron chi connectivity index (χ2n) is 6.58. The summed E-state index contributed by atoms with van der Waals surface area (Å²) in [6, 6.07) is 11.7. The number of rotatable bonds is 5. The molecule has 4 nitrogen and oxygen atoms in total. The average Bonchev–Trinajstić information content (AvgIpc) is 3.16. The molecule has 3 rings (SSSR count). The van der Waals surface area contributed by atoms with E-state index in [0.29, 0.717) is 0 Å². The van der Waals surface area contributed by atoms with Crippen LogP contribution in [0.15, 0.2) is 53.4 Å². The first kappa shape index (κ1) is 19.7. The molecule has 1 saturated heterocycles. The molecule has 0 aliphatic carbocycles. The van der Waals surface area contributed by atoms with E-state index in [1.807, 2.05) is 18.2 Å². The zero-order chi connectivity index (χ0) is 19.7. The summed E-state index contributed by atoms with van der Waals surface area (Å²) >= 11 is 0. The van der Waals surface area contributed by atoms with Crippen molar-refractivity contribution in [1.82, 2.24) is 4.31 Å². The summed E-state index contributed by atoms with van der Waals surface area (Å²) in [5, 5.41) is 0. The van der Waals surface area contributed by atoms with Crippen molar-refractivity contribution in [3.05, 3.63) is 59.7 Å². The molecule has 0 amide bonds. The number of benzene rings is 2. The van der Waals surface area contributed by atoms with Gasteiger partial charge in [0, 0.05) is 32.4 Å². The van der Waals surface area contributed by atoms with Crippen molar-refractivity contribution >= 4 is 15.7 Å². The normalized spacial score (nSPS) is 15.5. The van der Waals surface area contributed by atoms with E-state index in [0.717, 1.165) is 53.6 Å². The minimum absolute atomic E-state index is 0.00119. The van der Waals surface area contributed by atoms with Gasteiger partial charge in [0.25, 0.3) is 0 Å². The molecular formula is C19H21F3N2O2S. The fourth-order valence-electron chi connectivity index (χ4n) is 3.33. The zero-order valence-corrected chi connectivity index (χ0v) is 15.7. The van der Waals surface area contributed by atoms with E-state index in [-0.39, 0.29) is 6.54 Å². The predicted octanol–water partition coefficient (Wildman–Crippen LogP) is 4.13. The number of halogens is 3. The Morgan fingerprint density at radius 2 is 1.59 bits per heavy atom. The second-order valence-corrected chi connectivity index (χ2v) is 8.59. The van der Waals surface area contributed by atoms with Crippen LogP contribution in [-0.4, -0.2) is 32.9 Å². The number of sulfonamides is 1. The zero-order valence-electron chi connectivity index (χ0n) is 14.9. The summed E-state index contributed by atoms with van der Waals surface area (Å²) in [7, 11) is -2.99. The molecule has 8 heteroatoms.